The van der Waals surface area contributed by atoms with Crippen LogP contribution in [0, 0.1) is 11.8 Å². The van der Waals surface area contributed by atoms with Gasteiger partial charge in [0.05, 0.1) is 7.11 Å². The van der Waals surface area contributed by atoms with Gasteiger partial charge in [-0.2, -0.15) is 0 Å². The van der Waals surface area contributed by atoms with Crippen molar-refractivity contribution in [3.05, 3.63) is 29.3 Å². The molecule has 0 bridgehead atoms. The molecule has 0 radical (unpaired) electrons. The summed E-state index contributed by atoms with van der Waals surface area (Å²) in [5.41, 5.74) is -0.388. The molecule has 0 aliphatic carbocycles. The number of methoxy groups -OCH3 is 1. The molecule has 1 aromatic carbocycles. The van der Waals surface area contributed by atoms with E-state index in [1.165, 1.54) is 30.2 Å². The number of nitrogens with one attached hydrogen (secondary N) is 1. The molecule has 31 heavy (non-hydrogen) atoms. The van der Waals surface area contributed by atoms with Crippen LogP contribution < -0.4 is 10.1 Å². The summed E-state index contributed by atoms with van der Waals surface area (Å²) in [5.74, 6) is -0.0730. The zero-order valence-corrected chi connectivity index (χ0v) is 19.0. The van der Waals surface area contributed by atoms with Gasteiger partial charge >= 0.3 is 0 Å². The number of likely N-dealkylation sites (tertiary alicyclic amines) is 1. The second-order valence-corrected chi connectivity index (χ2v) is 8.74. The monoisotopic (exact) mass is 440 g/mol. The SMILES string of the molecule is COc1ccc(C(=O)N2CCCC(NC(=O)C(OCC(C)C)C(C)C)C2)c(C(F)F)c1. The van der Waals surface area contributed by atoms with Crippen LogP contribution in [0.5, 0.6) is 5.75 Å². The minimum atomic E-state index is -2.79. The van der Waals surface area contributed by atoms with Crippen LogP contribution in [0.4, 0.5) is 8.78 Å². The normalized spacial score (nSPS) is 17.9. The molecule has 8 heteroatoms. The Morgan fingerprint density at radius 1 is 1.23 bits per heavy atom. The lowest BCUT2D eigenvalue weighted by molar-refractivity contribution is -0.137. The third kappa shape index (κ3) is 6.89. The highest BCUT2D eigenvalue weighted by Gasteiger charge is 2.31. The van der Waals surface area contributed by atoms with Crippen molar-refractivity contribution in [1.29, 1.82) is 0 Å². The molecule has 0 saturated carbocycles. The molecule has 0 aromatic heterocycles. The van der Waals surface area contributed by atoms with Crippen LogP contribution in [0.3, 0.4) is 0 Å². The van der Waals surface area contributed by atoms with Crippen LogP contribution in [0.2, 0.25) is 0 Å². The van der Waals surface area contributed by atoms with Crippen molar-refractivity contribution in [2.45, 2.75) is 59.1 Å². The van der Waals surface area contributed by atoms with Gasteiger partial charge in [0.2, 0.25) is 5.91 Å². The molecule has 1 aliphatic heterocycles. The number of hydrogen-bond acceptors (Lipinski definition) is 4. The number of alkyl halides is 2. The number of amides is 2. The van der Waals surface area contributed by atoms with Crippen molar-refractivity contribution in [1.82, 2.24) is 10.2 Å². The molecule has 1 aliphatic rings. The van der Waals surface area contributed by atoms with Crippen LogP contribution in [-0.4, -0.2) is 55.7 Å². The highest BCUT2D eigenvalue weighted by molar-refractivity contribution is 5.96. The predicted molar refractivity (Wildman–Crippen MR) is 114 cm³/mol. The first-order chi connectivity index (χ1) is 14.6. The third-order valence-corrected chi connectivity index (χ3v) is 5.25. The van der Waals surface area contributed by atoms with Gasteiger partial charge in [0, 0.05) is 36.9 Å². The lowest BCUT2D eigenvalue weighted by atomic mass is 10.0. The summed E-state index contributed by atoms with van der Waals surface area (Å²) in [6.45, 7) is 9.11. The fourth-order valence-electron chi connectivity index (χ4n) is 3.64. The average Bonchev–Trinajstić information content (AvgIpc) is 2.72. The number of carbonyl (C=O) groups is 2. The minimum absolute atomic E-state index is 0.00738. The van der Waals surface area contributed by atoms with Crippen molar-refractivity contribution in [3.8, 4) is 5.75 Å². The first-order valence-corrected chi connectivity index (χ1v) is 10.8. The number of carbonyl (C=O) groups excluding carboxylic acids is 2. The maximum Gasteiger partial charge on any atom is 0.264 e. The van der Waals surface area contributed by atoms with Gasteiger partial charge in [0.15, 0.2) is 0 Å². The molecule has 1 N–H and O–H groups in total. The maximum atomic E-state index is 13.5. The molecule has 6 nitrogen and oxygen atoms in total. The lowest BCUT2D eigenvalue weighted by Gasteiger charge is -2.34. The molecule has 1 fully saturated rings. The van der Waals surface area contributed by atoms with Gasteiger partial charge in [-0.1, -0.05) is 27.7 Å². The van der Waals surface area contributed by atoms with Crippen LogP contribution >= 0.6 is 0 Å². The predicted octanol–water partition coefficient (Wildman–Crippen LogP) is 4.05. The van der Waals surface area contributed by atoms with Gasteiger partial charge in [-0.15, -0.1) is 0 Å². The van der Waals surface area contributed by atoms with Crippen molar-refractivity contribution in [2.75, 3.05) is 26.8 Å². The largest absolute Gasteiger partial charge is 0.497 e. The van der Waals surface area contributed by atoms with Crippen LogP contribution in [0.1, 0.15) is 62.9 Å². The van der Waals surface area contributed by atoms with Gasteiger partial charge in [0.1, 0.15) is 11.9 Å². The van der Waals surface area contributed by atoms with E-state index in [-0.39, 0.29) is 41.3 Å². The van der Waals surface area contributed by atoms with E-state index in [2.05, 4.69) is 5.32 Å². The molecule has 2 atom stereocenters. The fourth-order valence-corrected chi connectivity index (χ4v) is 3.64. The Kier molecular flexibility index (Phi) is 9.22. The number of benzene rings is 1. The Hall–Kier alpha value is -2.22. The van der Waals surface area contributed by atoms with Gasteiger partial charge in [-0.3, -0.25) is 9.59 Å². The second-order valence-electron chi connectivity index (χ2n) is 8.74. The first-order valence-electron chi connectivity index (χ1n) is 10.8. The molecule has 2 rings (SSSR count). The lowest BCUT2D eigenvalue weighted by Crippen LogP contribution is -2.52. The Labute approximate surface area is 183 Å². The maximum absolute atomic E-state index is 13.5. The fraction of sp³-hybridized carbons (Fsp3) is 0.652. The van der Waals surface area contributed by atoms with Gasteiger partial charge in [-0.05, 0) is 42.9 Å². The average molecular weight is 441 g/mol. The van der Waals surface area contributed by atoms with E-state index in [1.54, 1.807) is 0 Å². The number of piperidine rings is 1. The van der Waals surface area contributed by atoms with Crippen molar-refractivity contribution in [3.63, 3.8) is 0 Å². The number of ether oxygens (including phenoxy) is 2. The number of nitrogens with zero attached hydrogens (tertiary/aromatic N) is 1. The molecular weight excluding hydrogens is 406 g/mol. The summed E-state index contributed by atoms with van der Waals surface area (Å²) < 4.78 is 37.8. The molecular formula is C23H34F2N2O4. The van der Waals surface area contributed by atoms with E-state index in [1.807, 2.05) is 27.7 Å². The van der Waals surface area contributed by atoms with Gasteiger partial charge in [-0.25, -0.2) is 8.78 Å². The van der Waals surface area contributed by atoms with Crippen molar-refractivity contribution >= 4 is 11.8 Å². The van der Waals surface area contributed by atoms with Crippen molar-refractivity contribution < 1.29 is 27.8 Å². The van der Waals surface area contributed by atoms with E-state index in [4.69, 9.17) is 9.47 Å². The van der Waals surface area contributed by atoms with Crippen LogP contribution in [0.15, 0.2) is 18.2 Å². The topological polar surface area (TPSA) is 67.9 Å². The molecule has 0 spiro atoms. The zero-order chi connectivity index (χ0) is 23.1. The Morgan fingerprint density at radius 2 is 1.94 bits per heavy atom. The Bertz CT molecular complexity index is 755. The quantitative estimate of drug-likeness (QED) is 0.629. The summed E-state index contributed by atoms with van der Waals surface area (Å²) in [7, 11) is 1.39. The minimum Gasteiger partial charge on any atom is -0.497 e. The van der Waals surface area contributed by atoms with E-state index in [9.17, 15) is 18.4 Å². The summed E-state index contributed by atoms with van der Waals surface area (Å²) in [6.07, 6.45) is -1.97. The Morgan fingerprint density at radius 3 is 2.52 bits per heavy atom. The zero-order valence-electron chi connectivity index (χ0n) is 19.0. The standard InChI is InChI=1S/C23H34F2N2O4/c1-14(2)13-31-20(15(3)4)22(28)26-16-7-6-10-27(12-16)23(29)18-9-8-17(30-5)11-19(18)21(24)25/h8-9,11,14-16,20-21H,6-7,10,12-13H2,1-5H3,(H,26,28). The summed E-state index contributed by atoms with van der Waals surface area (Å²) in [4.78, 5) is 27.3. The van der Waals surface area contributed by atoms with Gasteiger partial charge in [0.25, 0.3) is 12.3 Å². The first kappa shape index (κ1) is 25.0. The third-order valence-electron chi connectivity index (χ3n) is 5.25. The summed E-state index contributed by atoms with van der Waals surface area (Å²) in [6, 6.07) is 3.82. The Balaban J connectivity index is 2.08. The van der Waals surface area contributed by atoms with E-state index in [0.717, 1.165) is 6.42 Å². The number of rotatable bonds is 9. The number of hydrogen-bond donors (Lipinski definition) is 1. The summed E-state index contributed by atoms with van der Waals surface area (Å²) in [5, 5.41) is 2.99. The van der Waals surface area contributed by atoms with Crippen molar-refractivity contribution in [2.24, 2.45) is 11.8 Å². The molecule has 1 aromatic rings. The number of halogens is 2. The van der Waals surface area contributed by atoms with Crippen LogP contribution in [-0.2, 0) is 9.53 Å². The molecule has 1 heterocycles. The summed E-state index contributed by atoms with van der Waals surface area (Å²) >= 11 is 0. The second kappa shape index (κ2) is 11.4. The van der Waals surface area contributed by atoms with Crippen LogP contribution in [0.25, 0.3) is 0 Å². The van der Waals surface area contributed by atoms with Gasteiger partial charge < -0.3 is 19.7 Å². The van der Waals surface area contributed by atoms with E-state index < -0.39 is 18.4 Å². The van der Waals surface area contributed by atoms with E-state index in [0.29, 0.717) is 25.5 Å². The highest BCUT2D eigenvalue weighted by atomic mass is 19.3. The highest BCUT2D eigenvalue weighted by Crippen LogP contribution is 2.29. The molecule has 2 amide bonds. The molecule has 2 unspecified atom stereocenters. The molecule has 1 saturated heterocycles. The smallest absolute Gasteiger partial charge is 0.264 e. The molecule has 174 valence electrons. The van der Waals surface area contributed by atoms with E-state index >= 15 is 0 Å².